The zero-order chi connectivity index (χ0) is 14.8. The highest BCUT2D eigenvalue weighted by molar-refractivity contribution is 5.14. The van der Waals surface area contributed by atoms with E-state index in [9.17, 15) is 10.4 Å². The van der Waals surface area contributed by atoms with E-state index in [1.165, 1.54) is 0 Å². The van der Waals surface area contributed by atoms with E-state index in [4.69, 9.17) is 0 Å². The van der Waals surface area contributed by atoms with Crippen LogP contribution in [-0.4, -0.2) is 35.2 Å². The fourth-order valence-electron chi connectivity index (χ4n) is 4.04. The van der Waals surface area contributed by atoms with Gasteiger partial charge >= 0.3 is 0 Å². The van der Waals surface area contributed by atoms with Crippen LogP contribution in [0.25, 0.3) is 0 Å². The van der Waals surface area contributed by atoms with Gasteiger partial charge in [0.1, 0.15) is 0 Å². The van der Waals surface area contributed by atoms with Gasteiger partial charge in [0.25, 0.3) is 0 Å². The summed E-state index contributed by atoms with van der Waals surface area (Å²) < 4.78 is 0. The molecule has 1 aliphatic heterocycles. The molecule has 2 fully saturated rings. The maximum Gasteiger partial charge on any atom is 0.0861 e. The molecule has 0 unspecified atom stereocenters. The average molecular weight is 278 g/mol. The van der Waals surface area contributed by atoms with Crippen LogP contribution in [0, 0.1) is 28.6 Å². The van der Waals surface area contributed by atoms with Gasteiger partial charge in [-0.05, 0) is 50.4 Å². The summed E-state index contributed by atoms with van der Waals surface area (Å²) >= 11 is 0. The molecule has 0 aromatic carbocycles. The van der Waals surface area contributed by atoms with E-state index < -0.39 is 11.0 Å². The Bertz CT molecular complexity index is 356. The van der Waals surface area contributed by atoms with Crippen LogP contribution in [0.1, 0.15) is 59.3 Å². The van der Waals surface area contributed by atoms with Crippen molar-refractivity contribution < 1.29 is 5.11 Å². The molecule has 1 heterocycles. The molecule has 0 radical (unpaired) electrons. The molecule has 1 saturated carbocycles. The van der Waals surface area contributed by atoms with Crippen molar-refractivity contribution in [1.82, 2.24) is 4.90 Å². The molecule has 2 aliphatic rings. The first-order valence-corrected chi connectivity index (χ1v) is 8.27. The predicted octanol–water partition coefficient (Wildman–Crippen LogP) is 3.19. The van der Waals surface area contributed by atoms with Gasteiger partial charge in [0.2, 0.25) is 0 Å². The van der Waals surface area contributed by atoms with Gasteiger partial charge in [0, 0.05) is 19.6 Å². The number of piperidine rings is 1. The van der Waals surface area contributed by atoms with Crippen LogP contribution in [0.15, 0.2) is 0 Å². The molecule has 3 heteroatoms. The maximum absolute atomic E-state index is 11.1. The summed E-state index contributed by atoms with van der Waals surface area (Å²) in [7, 11) is 0. The van der Waals surface area contributed by atoms with Crippen molar-refractivity contribution in [2.75, 3.05) is 19.6 Å². The van der Waals surface area contributed by atoms with Crippen LogP contribution in [0.4, 0.5) is 0 Å². The zero-order valence-corrected chi connectivity index (χ0v) is 13.4. The van der Waals surface area contributed by atoms with Crippen LogP contribution in [0.5, 0.6) is 0 Å². The second-order valence-corrected chi connectivity index (χ2v) is 7.60. The SMILES string of the molecule is CC(C)CN1CCC(O)(C2(C#N)CCC(C)CC2)CC1. The van der Waals surface area contributed by atoms with Gasteiger partial charge in [-0.25, -0.2) is 0 Å². The third-order valence-corrected chi connectivity index (χ3v) is 5.54. The molecule has 1 saturated heterocycles. The number of hydrogen-bond acceptors (Lipinski definition) is 3. The molecule has 114 valence electrons. The molecule has 1 N–H and O–H groups in total. The molecule has 20 heavy (non-hydrogen) atoms. The highest BCUT2D eigenvalue weighted by atomic mass is 16.3. The average Bonchev–Trinajstić information content (AvgIpc) is 2.42. The third kappa shape index (κ3) is 3.02. The number of rotatable bonds is 3. The number of nitriles is 1. The minimum Gasteiger partial charge on any atom is -0.388 e. The topological polar surface area (TPSA) is 47.3 Å². The second-order valence-electron chi connectivity index (χ2n) is 7.60. The van der Waals surface area contributed by atoms with Crippen molar-refractivity contribution >= 4 is 0 Å². The van der Waals surface area contributed by atoms with Crippen molar-refractivity contribution in [3.63, 3.8) is 0 Å². The molecular formula is C17H30N2O. The monoisotopic (exact) mass is 278 g/mol. The largest absolute Gasteiger partial charge is 0.388 e. The van der Waals surface area contributed by atoms with Crippen LogP contribution in [0.3, 0.4) is 0 Å². The summed E-state index contributed by atoms with van der Waals surface area (Å²) in [6, 6.07) is 2.54. The Morgan fingerprint density at radius 3 is 2.20 bits per heavy atom. The van der Waals surface area contributed by atoms with Crippen LogP contribution >= 0.6 is 0 Å². The van der Waals surface area contributed by atoms with E-state index in [1.807, 2.05) is 0 Å². The summed E-state index contributed by atoms with van der Waals surface area (Å²) in [6.45, 7) is 9.71. The molecule has 3 nitrogen and oxygen atoms in total. The minimum absolute atomic E-state index is 0.483. The van der Waals surface area contributed by atoms with E-state index in [0.717, 1.165) is 58.2 Å². The van der Waals surface area contributed by atoms with Gasteiger partial charge in [0.15, 0.2) is 0 Å². The Morgan fingerprint density at radius 1 is 1.20 bits per heavy atom. The molecule has 2 rings (SSSR count). The Labute approximate surface area is 124 Å². The normalized spacial score (nSPS) is 34.9. The highest BCUT2D eigenvalue weighted by Crippen LogP contribution is 2.50. The quantitative estimate of drug-likeness (QED) is 0.862. The molecule has 0 bridgehead atoms. The highest BCUT2D eigenvalue weighted by Gasteiger charge is 2.52. The molecule has 1 aliphatic carbocycles. The Kier molecular flexibility index (Phi) is 4.76. The van der Waals surface area contributed by atoms with Gasteiger partial charge in [-0.2, -0.15) is 5.26 Å². The summed E-state index contributed by atoms with van der Waals surface area (Å²) in [4.78, 5) is 2.44. The number of likely N-dealkylation sites (tertiary alicyclic amines) is 1. The van der Waals surface area contributed by atoms with E-state index in [-0.39, 0.29) is 0 Å². The standard InChI is InChI=1S/C17H30N2O/c1-14(2)12-19-10-8-17(20,9-11-19)16(13-18)6-4-15(3)5-7-16/h14-15,20H,4-12H2,1-3H3. The molecular weight excluding hydrogens is 248 g/mol. The first-order valence-electron chi connectivity index (χ1n) is 8.27. The molecule has 0 spiro atoms. The first-order chi connectivity index (χ1) is 9.41. The van der Waals surface area contributed by atoms with E-state index in [0.29, 0.717) is 11.8 Å². The van der Waals surface area contributed by atoms with Gasteiger partial charge in [-0.3, -0.25) is 0 Å². The summed E-state index contributed by atoms with van der Waals surface area (Å²) in [5.41, 5.74) is -1.24. The van der Waals surface area contributed by atoms with E-state index >= 15 is 0 Å². The minimum atomic E-state index is -0.755. The summed E-state index contributed by atoms with van der Waals surface area (Å²) in [5, 5.41) is 20.9. The number of aliphatic hydroxyl groups is 1. The lowest BCUT2D eigenvalue weighted by atomic mass is 9.59. The van der Waals surface area contributed by atoms with Crippen molar-refractivity contribution in [3.05, 3.63) is 0 Å². The lowest BCUT2D eigenvalue weighted by Crippen LogP contribution is -2.56. The lowest BCUT2D eigenvalue weighted by molar-refractivity contribution is -0.114. The Morgan fingerprint density at radius 2 is 1.75 bits per heavy atom. The van der Waals surface area contributed by atoms with Crippen molar-refractivity contribution in [2.45, 2.75) is 64.9 Å². The van der Waals surface area contributed by atoms with Gasteiger partial charge in [0.05, 0.1) is 17.1 Å². The molecule has 0 aromatic heterocycles. The van der Waals surface area contributed by atoms with Crippen LogP contribution in [0.2, 0.25) is 0 Å². The first kappa shape index (κ1) is 15.8. The predicted molar refractivity (Wildman–Crippen MR) is 81.1 cm³/mol. The van der Waals surface area contributed by atoms with Gasteiger partial charge in [-0.15, -0.1) is 0 Å². The van der Waals surface area contributed by atoms with Crippen molar-refractivity contribution in [3.8, 4) is 6.07 Å². The smallest absolute Gasteiger partial charge is 0.0861 e. The molecule has 0 aromatic rings. The van der Waals surface area contributed by atoms with Crippen LogP contribution < -0.4 is 0 Å². The number of nitrogens with zero attached hydrogens (tertiary/aromatic N) is 2. The van der Waals surface area contributed by atoms with E-state index in [2.05, 4.69) is 31.7 Å². The number of hydrogen-bond donors (Lipinski definition) is 1. The molecule has 0 amide bonds. The van der Waals surface area contributed by atoms with Crippen molar-refractivity contribution in [2.24, 2.45) is 17.3 Å². The lowest BCUT2D eigenvalue weighted by Gasteiger charge is -2.50. The Balaban J connectivity index is 2.02. The fourth-order valence-corrected chi connectivity index (χ4v) is 4.04. The van der Waals surface area contributed by atoms with E-state index in [1.54, 1.807) is 0 Å². The maximum atomic E-state index is 11.1. The third-order valence-electron chi connectivity index (χ3n) is 5.54. The fraction of sp³-hybridized carbons (Fsp3) is 0.941. The Hall–Kier alpha value is -0.590. The summed E-state index contributed by atoms with van der Waals surface area (Å²) in [5.74, 6) is 1.38. The van der Waals surface area contributed by atoms with Crippen molar-refractivity contribution in [1.29, 1.82) is 5.26 Å². The van der Waals surface area contributed by atoms with Crippen LogP contribution in [-0.2, 0) is 0 Å². The zero-order valence-electron chi connectivity index (χ0n) is 13.4. The summed E-state index contributed by atoms with van der Waals surface area (Å²) in [6.07, 6.45) is 5.47. The van der Waals surface area contributed by atoms with Gasteiger partial charge < -0.3 is 10.0 Å². The van der Waals surface area contributed by atoms with Gasteiger partial charge in [-0.1, -0.05) is 20.8 Å². The molecule has 0 atom stereocenters. The second kappa shape index (κ2) is 6.03.